The molecular formula is C20H25FN6. The average Bonchev–Trinajstić information content (AvgIpc) is 3.05. The van der Waals surface area contributed by atoms with Gasteiger partial charge in [0.25, 0.3) is 0 Å². The molecule has 1 aliphatic heterocycles. The Morgan fingerprint density at radius 3 is 2.93 bits per heavy atom. The van der Waals surface area contributed by atoms with E-state index < -0.39 is 0 Å². The fourth-order valence-corrected chi connectivity index (χ4v) is 3.89. The van der Waals surface area contributed by atoms with Crippen molar-refractivity contribution < 1.29 is 4.39 Å². The smallest absolute Gasteiger partial charge is 0.181 e. The number of H-pyrrole nitrogens is 1. The van der Waals surface area contributed by atoms with Crippen molar-refractivity contribution in [3.8, 4) is 11.4 Å². The van der Waals surface area contributed by atoms with E-state index in [1.54, 1.807) is 12.3 Å². The van der Waals surface area contributed by atoms with Crippen molar-refractivity contribution in [2.45, 2.75) is 39.3 Å². The first kappa shape index (κ1) is 17.9. The average molecular weight is 368 g/mol. The van der Waals surface area contributed by atoms with Gasteiger partial charge in [0.1, 0.15) is 11.5 Å². The Morgan fingerprint density at radius 1 is 1.26 bits per heavy atom. The van der Waals surface area contributed by atoms with Crippen molar-refractivity contribution in [3.05, 3.63) is 36.3 Å². The van der Waals surface area contributed by atoms with Crippen LogP contribution in [0.5, 0.6) is 0 Å². The van der Waals surface area contributed by atoms with Crippen LogP contribution in [0, 0.1) is 11.7 Å². The number of piperazine rings is 1. The minimum Gasteiger partial charge on any atom is -0.353 e. The highest BCUT2D eigenvalue weighted by molar-refractivity contribution is 5.89. The highest BCUT2D eigenvalue weighted by Crippen LogP contribution is 2.28. The Morgan fingerprint density at radius 2 is 2.11 bits per heavy atom. The fourth-order valence-electron chi connectivity index (χ4n) is 3.89. The molecule has 1 aliphatic rings. The molecule has 142 valence electrons. The van der Waals surface area contributed by atoms with E-state index in [9.17, 15) is 4.39 Å². The Balaban J connectivity index is 1.68. The number of rotatable bonds is 4. The summed E-state index contributed by atoms with van der Waals surface area (Å²) in [4.78, 5) is 11.1. The highest BCUT2D eigenvalue weighted by atomic mass is 19.1. The first-order valence-corrected chi connectivity index (χ1v) is 9.48. The van der Waals surface area contributed by atoms with Gasteiger partial charge >= 0.3 is 0 Å². The molecule has 2 atom stereocenters. The second kappa shape index (κ2) is 7.23. The molecule has 1 saturated heterocycles. The molecule has 4 heterocycles. The molecule has 7 heteroatoms. The predicted octanol–water partition coefficient (Wildman–Crippen LogP) is 3.37. The Hall–Kier alpha value is -2.54. The van der Waals surface area contributed by atoms with E-state index in [1.807, 2.05) is 12.1 Å². The zero-order valence-electron chi connectivity index (χ0n) is 15.9. The number of halogens is 1. The van der Waals surface area contributed by atoms with Crippen LogP contribution in [0.15, 0.2) is 30.5 Å². The van der Waals surface area contributed by atoms with E-state index in [2.05, 4.69) is 51.2 Å². The van der Waals surface area contributed by atoms with E-state index in [0.717, 1.165) is 30.7 Å². The van der Waals surface area contributed by atoms with E-state index in [0.29, 0.717) is 29.3 Å². The quantitative estimate of drug-likeness (QED) is 0.739. The zero-order valence-corrected chi connectivity index (χ0v) is 15.9. The fraction of sp³-hybridized carbons (Fsp3) is 0.450. The number of hydrogen-bond acceptors (Lipinski definition) is 5. The lowest BCUT2D eigenvalue weighted by molar-refractivity contribution is 0.340. The molecule has 4 rings (SSSR count). The van der Waals surface area contributed by atoms with Crippen LogP contribution in [0.2, 0.25) is 0 Å². The van der Waals surface area contributed by atoms with Gasteiger partial charge in [-0.15, -0.1) is 0 Å². The van der Waals surface area contributed by atoms with Crippen molar-refractivity contribution in [2.24, 2.45) is 5.92 Å². The van der Waals surface area contributed by atoms with Crippen LogP contribution in [0.1, 0.15) is 27.2 Å². The number of nitrogens with one attached hydrogen (secondary N) is 2. The van der Waals surface area contributed by atoms with E-state index in [-0.39, 0.29) is 11.5 Å². The minimum absolute atomic E-state index is 0.287. The lowest BCUT2D eigenvalue weighted by Crippen LogP contribution is -2.56. The van der Waals surface area contributed by atoms with E-state index >= 15 is 0 Å². The molecule has 6 nitrogen and oxygen atoms in total. The maximum absolute atomic E-state index is 14.6. The Bertz CT molecular complexity index is 935. The van der Waals surface area contributed by atoms with Crippen molar-refractivity contribution in [1.29, 1.82) is 0 Å². The predicted molar refractivity (Wildman–Crippen MR) is 105 cm³/mol. The molecule has 3 aromatic heterocycles. The molecule has 0 aliphatic carbocycles. The van der Waals surface area contributed by atoms with Crippen LogP contribution in [-0.2, 0) is 0 Å². The van der Waals surface area contributed by atoms with Gasteiger partial charge in [-0.25, -0.2) is 14.4 Å². The molecule has 3 aromatic rings. The molecule has 0 saturated carbocycles. The van der Waals surface area contributed by atoms with Crippen LogP contribution < -0.4 is 10.2 Å². The second-order valence-electron chi connectivity index (χ2n) is 7.77. The molecule has 1 fully saturated rings. The first-order valence-electron chi connectivity index (χ1n) is 9.48. The number of hydrogen-bond donors (Lipinski definition) is 2. The number of fused-ring (bicyclic) bond motifs is 1. The summed E-state index contributed by atoms with van der Waals surface area (Å²) in [5, 5.41) is 11.5. The van der Waals surface area contributed by atoms with Gasteiger partial charge in [0.2, 0.25) is 0 Å². The molecule has 0 spiro atoms. The van der Waals surface area contributed by atoms with Crippen molar-refractivity contribution in [2.75, 3.05) is 18.0 Å². The molecule has 2 N–H and O–H groups in total. The topological polar surface area (TPSA) is 69.7 Å². The van der Waals surface area contributed by atoms with Crippen LogP contribution in [0.4, 0.5) is 10.2 Å². The number of pyridine rings is 2. The summed E-state index contributed by atoms with van der Waals surface area (Å²) in [5.41, 5.74) is 1.42. The molecule has 0 aromatic carbocycles. The summed E-state index contributed by atoms with van der Waals surface area (Å²) in [6.07, 6.45) is 2.77. The summed E-state index contributed by atoms with van der Waals surface area (Å²) < 4.78 is 14.6. The molecule has 0 bridgehead atoms. The van der Waals surface area contributed by atoms with Gasteiger partial charge in [-0.3, -0.25) is 5.10 Å². The van der Waals surface area contributed by atoms with E-state index in [4.69, 9.17) is 0 Å². The Labute approximate surface area is 158 Å². The molecule has 0 radical (unpaired) electrons. The van der Waals surface area contributed by atoms with Crippen molar-refractivity contribution in [1.82, 2.24) is 25.5 Å². The van der Waals surface area contributed by atoms with Gasteiger partial charge in [-0.1, -0.05) is 13.8 Å². The van der Waals surface area contributed by atoms with Crippen molar-refractivity contribution in [3.63, 3.8) is 0 Å². The van der Waals surface area contributed by atoms with Gasteiger partial charge in [-0.05, 0) is 43.5 Å². The number of nitrogens with zero attached hydrogens (tertiary/aromatic N) is 4. The van der Waals surface area contributed by atoms with Crippen LogP contribution in [-0.4, -0.2) is 45.3 Å². The van der Waals surface area contributed by atoms with Crippen LogP contribution >= 0.6 is 0 Å². The zero-order chi connectivity index (χ0) is 19.0. The SMILES string of the molecule is CC(C)C[C@H]1CN(c2ccc(F)c(-c3[nH]nc4ncccc34)n2)C[C@@H](C)N1. The van der Waals surface area contributed by atoms with Gasteiger partial charge in [0.05, 0.1) is 5.69 Å². The summed E-state index contributed by atoms with van der Waals surface area (Å²) in [7, 11) is 0. The van der Waals surface area contributed by atoms with Gasteiger partial charge < -0.3 is 10.2 Å². The highest BCUT2D eigenvalue weighted by Gasteiger charge is 2.26. The largest absolute Gasteiger partial charge is 0.353 e. The number of aromatic amines is 1. The molecule has 0 unspecified atom stereocenters. The second-order valence-corrected chi connectivity index (χ2v) is 7.77. The number of aromatic nitrogens is 4. The first-order chi connectivity index (χ1) is 13.0. The third-order valence-corrected chi connectivity index (χ3v) is 4.93. The standard InChI is InChI=1S/C20H25FN6/c1-12(2)9-14-11-27(10-13(3)23-14)17-7-6-16(21)19(24-17)18-15-5-4-8-22-20(15)26-25-18/h4-8,12-14,23H,9-11H2,1-3H3,(H,22,25,26)/t13-,14+/m1/s1. The lowest BCUT2D eigenvalue weighted by Gasteiger charge is -2.39. The normalized spacial score (nSPS) is 20.6. The van der Waals surface area contributed by atoms with Crippen LogP contribution in [0.25, 0.3) is 22.4 Å². The minimum atomic E-state index is -0.366. The van der Waals surface area contributed by atoms with Crippen LogP contribution in [0.3, 0.4) is 0 Å². The monoisotopic (exact) mass is 368 g/mol. The Kier molecular flexibility index (Phi) is 4.78. The molecule has 0 amide bonds. The molecule has 27 heavy (non-hydrogen) atoms. The maximum atomic E-state index is 14.6. The van der Waals surface area contributed by atoms with Gasteiger partial charge in [0.15, 0.2) is 11.5 Å². The summed E-state index contributed by atoms with van der Waals surface area (Å²) in [6.45, 7) is 8.36. The third kappa shape index (κ3) is 3.64. The number of anilines is 1. The van der Waals surface area contributed by atoms with Crippen molar-refractivity contribution >= 4 is 16.9 Å². The summed E-state index contributed by atoms with van der Waals surface area (Å²) in [6, 6.07) is 7.71. The third-order valence-electron chi connectivity index (χ3n) is 4.93. The molecular weight excluding hydrogens is 343 g/mol. The summed E-state index contributed by atoms with van der Waals surface area (Å²) >= 11 is 0. The van der Waals surface area contributed by atoms with Gasteiger partial charge in [0, 0.05) is 36.8 Å². The summed E-state index contributed by atoms with van der Waals surface area (Å²) in [5.74, 6) is 1.05. The lowest BCUT2D eigenvalue weighted by atomic mass is 10.00. The maximum Gasteiger partial charge on any atom is 0.181 e. The van der Waals surface area contributed by atoms with E-state index in [1.165, 1.54) is 6.07 Å². The van der Waals surface area contributed by atoms with Gasteiger partial charge in [-0.2, -0.15) is 5.10 Å².